The van der Waals surface area contributed by atoms with E-state index < -0.39 is 0 Å². The lowest BCUT2D eigenvalue weighted by molar-refractivity contribution is 0.415. The molecule has 0 unspecified atom stereocenters. The van der Waals surface area contributed by atoms with Crippen LogP contribution >= 0.6 is 0 Å². The van der Waals surface area contributed by atoms with E-state index in [2.05, 4.69) is 32.0 Å². The van der Waals surface area contributed by atoms with Gasteiger partial charge in [0, 0.05) is 36.2 Å². The van der Waals surface area contributed by atoms with Gasteiger partial charge in [-0.25, -0.2) is 15.0 Å². The molecule has 1 fully saturated rings. The monoisotopic (exact) mass is 347 g/mol. The van der Waals surface area contributed by atoms with Gasteiger partial charge < -0.3 is 14.6 Å². The number of rotatable bonds is 4. The summed E-state index contributed by atoms with van der Waals surface area (Å²) >= 11 is 0. The van der Waals surface area contributed by atoms with Gasteiger partial charge in [-0.3, -0.25) is 0 Å². The molecule has 5 rings (SSSR count). The number of H-pyrrole nitrogens is 1. The Hall–Kier alpha value is -2.89. The first-order valence-electron chi connectivity index (χ1n) is 9.09. The van der Waals surface area contributed by atoms with Crippen LogP contribution < -0.4 is 9.64 Å². The molecular weight excluding hydrogens is 326 g/mol. The largest absolute Gasteiger partial charge is 0.497 e. The van der Waals surface area contributed by atoms with E-state index in [-0.39, 0.29) is 0 Å². The van der Waals surface area contributed by atoms with Crippen LogP contribution in [0.2, 0.25) is 0 Å². The SMILES string of the molecule is COc1cccc(-c2nc3c([nH]2)CN(c2cc(C4CC4)ncn2)CC3)c1. The van der Waals surface area contributed by atoms with E-state index in [4.69, 9.17) is 9.72 Å². The molecule has 26 heavy (non-hydrogen) atoms. The minimum atomic E-state index is 0.643. The number of ether oxygens (including phenoxy) is 1. The Morgan fingerprint density at radius 3 is 2.96 bits per heavy atom. The van der Waals surface area contributed by atoms with Crippen LogP contribution in [0.15, 0.2) is 36.7 Å². The van der Waals surface area contributed by atoms with Crippen molar-refractivity contribution in [3.05, 3.63) is 53.7 Å². The van der Waals surface area contributed by atoms with Crippen LogP contribution in [0.4, 0.5) is 5.82 Å². The molecule has 2 aromatic heterocycles. The summed E-state index contributed by atoms with van der Waals surface area (Å²) in [5.41, 5.74) is 4.54. The number of nitrogens with zero attached hydrogens (tertiary/aromatic N) is 4. The van der Waals surface area contributed by atoms with Gasteiger partial charge in [-0.05, 0) is 25.0 Å². The fourth-order valence-electron chi connectivity index (χ4n) is 3.53. The first kappa shape index (κ1) is 15.4. The van der Waals surface area contributed by atoms with E-state index in [0.29, 0.717) is 5.92 Å². The summed E-state index contributed by atoms with van der Waals surface area (Å²) in [4.78, 5) is 19.5. The average Bonchev–Trinajstić information content (AvgIpc) is 3.46. The number of anilines is 1. The summed E-state index contributed by atoms with van der Waals surface area (Å²) in [6, 6.07) is 10.1. The molecule has 0 amide bonds. The molecule has 6 nitrogen and oxygen atoms in total. The highest BCUT2D eigenvalue weighted by Crippen LogP contribution is 2.39. The minimum absolute atomic E-state index is 0.643. The standard InChI is InChI=1S/C20H21N5O/c1-26-15-4-2-3-14(9-15)20-23-16-7-8-25(11-18(16)24-20)19-10-17(13-5-6-13)21-12-22-19/h2-4,9-10,12-13H,5-8,11H2,1H3,(H,23,24). The predicted molar refractivity (Wildman–Crippen MR) is 99.3 cm³/mol. The van der Waals surface area contributed by atoms with Crippen molar-refractivity contribution in [3.8, 4) is 17.1 Å². The van der Waals surface area contributed by atoms with Gasteiger partial charge in [0.15, 0.2) is 0 Å². The normalized spacial score (nSPS) is 16.4. The van der Waals surface area contributed by atoms with Crippen molar-refractivity contribution >= 4 is 5.82 Å². The quantitative estimate of drug-likeness (QED) is 0.784. The molecule has 3 aromatic rings. The second kappa shape index (κ2) is 6.12. The van der Waals surface area contributed by atoms with Crippen molar-refractivity contribution in [3.63, 3.8) is 0 Å². The molecule has 0 spiro atoms. The minimum Gasteiger partial charge on any atom is -0.497 e. The van der Waals surface area contributed by atoms with Gasteiger partial charge >= 0.3 is 0 Å². The first-order valence-corrected chi connectivity index (χ1v) is 9.09. The number of imidazole rings is 1. The van der Waals surface area contributed by atoms with Gasteiger partial charge in [-0.1, -0.05) is 12.1 Å². The molecule has 2 aliphatic rings. The van der Waals surface area contributed by atoms with Crippen LogP contribution in [0.1, 0.15) is 35.8 Å². The molecule has 1 N–H and O–H groups in total. The van der Waals surface area contributed by atoms with Gasteiger partial charge in [0.25, 0.3) is 0 Å². The van der Waals surface area contributed by atoms with Gasteiger partial charge in [0.2, 0.25) is 0 Å². The Balaban J connectivity index is 1.41. The highest BCUT2D eigenvalue weighted by atomic mass is 16.5. The molecule has 0 atom stereocenters. The number of benzene rings is 1. The second-order valence-corrected chi connectivity index (χ2v) is 6.99. The second-order valence-electron chi connectivity index (χ2n) is 6.99. The predicted octanol–water partition coefficient (Wildman–Crippen LogP) is 3.32. The number of nitrogens with one attached hydrogen (secondary N) is 1. The smallest absolute Gasteiger partial charge is 0.138 e. The van der Waals surface area contributed by atoms with Gasteiger partial charge in [-0.2, -0.15) is 0 Å². The summed E-state index contributed by atoms with van der Waals surface area (Å²) in [6.45, 7) is 1.73. The fraction of sp³-hybridized carbons (Fsp3) is 0.350. The molecular formula is C20H21N5O. The van der Waals surface area contributed by atoms with E-state index >= 15 is 0 Å². The molecule has 0 radical (unpaired) electrons. The van der Waals surface area contributed by atoms with Crippen molar-refractivity contribution in [1.82, 2.24) is 19.9 Å². The van der Waals surface area contributed by atoms with E-state index in [0.717, 1.165) is 48.2 Å². The maximum atomic E-state index is 5.32. The lowest BCUT2D eigenvalue weighted by Gasteiger charge is -2.27. The van der Waals surface area contributed by atoms with Gasteiger partial charge in [0.1, 0.15) is 23.7 Å². The van der Waals surface area contributed by atoms with Crippen LogP contribution in [0.3, 0.4) is 0 Å². The summed E-state index contributed by atoms with van der Waals surface area (Å²) in [5, 5.41) is 0. The van der Waals surface area contributed by atoms with Crippen LogP contribution in [-0.4, -0.2) is 33.6 Å². The zero-order valence-corrected chi connectivity index (χ0v) is 14.8. The molecule has 1 aromatic carbocycles. The van der Waals surface area contributed by atoms with E-state index in [1.54, 1.807) is 13.4 Å². The molecule has 3 heterocycles. The number of hydrogen-bond acceptors (Lipinski definition) is 5. The summed E-state index contributed by atoms with van der Waals surface area (Å²) in [6.07, 6.45) is 5.13. The van der Waals surface area contributed by atoms with Crippen LogP contribution in [0, 0.1) is 0 Å². The zero-order chi connectivity index (χ0) is 17.5. The number of hydrogen-bond donors (Lipinski definition) is 1. The van der Waals surface area contributed by atoms with Crippen molar-refractivity contribution < 1.29 is 4.74 Å². The van der Waals surface area contributed by atoms with Crippen molar-refractivity contribution in [2.75, 3.05) is 18.6 Å². The summed E-state index contributed by atoms with van der Waals surface area (Å²) in [7, 11) is 1.68. The van der Waals surface area contributed by atoms with E-state index in [9.17, 15) is 0 Å². The highest BCUT2D eigenvalue weighted by molar-refractivity contribution is 5.59. The van der Waals surface area contributed by atoms with E-state index in [1.807, 2.05) is 18.2 Å². The van der Waals surface area contributed by atoms with Crippen LogP contribution in [0.5, 0.6) is 5.75 Å². The lowest BCUT2D eigenvalue weighted by Crippen LogP contribution is -2.31. The Labute approximate surface area is 152 Å². The Bertz CT molecular complexity index is 947. The number of fused-ring (bicyclic) bond motifs is 1. The first-order chi connectivity index (χ1) is 12.8. The zero-order valence-electron chi connectivity index (χ0n) is 14.8. The fourth-order valence-corrected chi connectivity index (χ4v) is 3.53. The third-order valence-electron chi connectivity index (χ3n) is 5.17. The molecule has 1 aliphatic carbocycles. The summed E-state index contributed by atoms with van der Waals surface area (Å²) < 4.78 is 5.32. The van der Waals surface area contributed by atoms with E-state index in [1.165, 1.54) is 24.2 Å². The molecule has 132 valence electrons. The van der Waals surface area contributed by atoms with Crippen molar-refractivity contribution in [2.24, 2.45) is 0 Å². The Morgan fingerprint density at radius 1 is 1.19 bits per heavy atom. The molecule has 0 bridgehead atoms. The molecule has 0 saturated heterocycles. The maximum absolute atomic E-state index is 5.32. The third-order valence-corrected chi connectivity index (χ3v) is 5.17. The van der Waals surface area contributed by atoms with Crippen molar-refractivity contribution in [1.29, 1.82) is 0 Å². The maximum Gasteiger partial charge on any atom is 0.138 e. The van der Waals surface area contributed by atoms with Crippen molar-refractivity contribution in [2.45, 2.75) is 31.7 Å². The third kappa shape index (κ3) is 2.81. The van der Waals surface area contributed by atoms with Gasteiger partial charge in [0.05, 0.1) is 25.0 Å². The lowest BCUT2D eigenvalue weighted by atomic mass is 10.1. The topological polar surface area (TPSA) is 66.9 Å². The molecule has 1 saturated carbocycles. The Kier molecular flexibility index (Phi) is 3.62. The van der Waals surface area contributed by atoms with Crippen LogP contribution in [-0.2, 0) is 13.0 Å². The molecule has 1 aliphatic heterocycles. The number of aromatic amines is 1. The van der Waals surface area contributed by atoms with Gasteiger partial charge in [-0.15, -0.1) is 0 Å². The van der Waals surface area contributed by atoms with Crippen LogP contribution in [0.25, 0.3) is 11.4 Å². The number of methoxy groups -OCH3 is 1. The summed E-state index contributed by atoms with van der Waals surface area (Å²) in [5.74, 6) is 3.40. The Morgan fingerprint density at radius 2 is 2.12 bits per heavy atom. The number of aromatic nitrogens is 4. The average molecular weight is 347 g/mol. The molecule has 6 heteroatoms. The highest BCUT2D eigenvalue weighted by Gasteiger charge is 2.27.